The van der Waals surface area contributed by atoms with Gasteiger partial charge in [-0.1, -0.05) is 38.1 Å². The number of benzene rings is 2. The predicted molar refractivity (Wildman–Crippen MR) is 120 cm³/mol. The molecular weight excluding hydrogens is 368 g/mol. The maximum atomic E-state index is 6.03. The molecule has 3 aromatic rings. The zero-order valence-corrected chi connectivity index (χ0v) is 17.7. The van der Waals surface area contributed by atoms with Crippen molar-refractivity contribution in [3.63, 3.8) is 0 Å². The first-order valence-electron chi connectivity index (χ1n) is 10.3. The Morgan fingerprint density at radius 2 is 1.86 bits per heavy atom. The molecule has 1 aliphatic rings. The SMILES string of the molecule is CC(C)c1cccc(OCCCc2cccc3[nH]c4c(c23)CCNCC4)c1.Cl. The van der Waals surface area contributed by atoms with Crippen LogP contribution in [0.2, 0.25) is 0 Å². The third-order valence-corrected chi connectivity index (χ3v) is 5.59. The minimum atomic E-state index is 0. The van der Waals surface area contributed by atoms with Crippen molar-refractivity contribution >= 4 is 23.3 Å². The van der Waals surface area contributed by atoms with Gasteiger partial charge in [-0.3, -0.25) is 0 Å². The Morgan fingerprint density at radius 1 is 1.04 bits per heavy atom. The molecule has 0 spiro atoms. The average molecular weight is 399 g/mol. The number of rotatable bonds is 6. The Kier molecular flexibility index (Phi) is 7.03. The van der Waals surface area contributed by atoms with E-state index in [1.165, 1.54) is 33.3 Å². The number of aryl methyl sites for hydroxylation is 1. The van der Waals surface area contributed by atoms with Crippen LogP contribution in [0.1, 0.15) is 48.6 Å². The van der Waals surface area contributed by atoms with Crippen LogP contribution in [-0.2, 0) is 19.3 Å². The number of hydrogen-bond acceptors (Lipinski definition) is 2. The van der Waals surface area contributed by atoms with E-state index in [9.17, 15) is 0 Å². The molecule has 2 heterocycles. The molecule has 0 saturated carbocycles. The maximum Gasteiger partial charge on any atom is 0.119 e. The largest absolute Gasteiger partial charge is 0.494 e. The molecule has 0 amide bonds. The van der Waals surface area contributed by atoms with Crippen molar-refractivity contribution in [1.29, 1.82) is 0 Å². The van der Waals surface area contributed by atoms with Gasteiger partial charge in [0.2, 0.25) is 0 Å². The number of hydrogen-bond donors (Lipinski definition) is 2. The smallest absolute Gasteiger partial charge is 0.119 e. The first kappa shape index (κ1) is 20.8. The van der Waals surface area contributed by atoms with Gasteiger partial charge >= 0.3 is 0 Å². The van der Waals surface area contributed by atoms with Gasteiger partial charge in [0.25, 0.3) is 0 Å². The number of nitrogens with one attached hydrogen (secondary N) is 2. The second-order valence-corrected chi connectivity index (χ2v) is 7.85. The van der Waals surface area contributed by atoms with Crippen LogP contribution in [-0.4, -0.2) is 24.7 Å². The molecule has 0 bridgehead atoms. The van der Waals surface area contributed by atoms with Gasteiger partial charge in [-0.15, -0.1) is 12.4 Å². The van der Waals surface area contributed by atoms with E-state index >= 15 is 0 Å². The topological polar surface area (TPSA) is 37.0 Å². The maximum absolute atomic E-state index is 6.03. The van der Waals surface area contributed by atoms with Crippen LogP contribution in [0.15, 0.2) is 42.5 Å². The summed E-state index contributed by atoms with van der Waals surface area (Å²) in [7, 11) is 0. The predicted octanol–water partition coefficient (Wildman–Crippen LogP) is 5.41. The highest BCUT2D eigenvalue weighted by molar-refractivity contribution is 5.88. The lowest BCUT2D eigenvalue weighted by atomic mass is 9.99. The highest BCUT2D eigenvalue weighted by Crippen LogP contribution is 2.29. The highest BCUT2D eigenvalue weighted by Gasteiger charge is 2.16. The Morgan fingerprint density at radius 3 is 2.71 bits per heavy atom. The normalized spacial score (nSPS) is 13.8. The van der Waals surface area contributed by atoms with Crippen molar-refractivity contribution in [2.75, 3.05) is 19.7 Å². The zero-order chi connectivity index (χ0) is 18.6. The minimum absolute atomic E-state index is 0. The first-order chi connectivity index (χ1) is 13.2. The van der Waals surface area contributed by atoms with Crippen LogP contribution in [0.25, 0.3) is 10.9 Å². The summed E-state index contributed by atoms with van der Waals surface area (Å²) >= 11 is 0. The monoisotopic (exact) mass is 398 g/mol. The summed E-state index contributed by atoms with van der Waals surface area (Å²) in [6, 6.07) is 15.2. The fourth-order valence-corrected chi connectivity index (χ4v) is 4.12. The minimum Gasteiger partial charge on any atom is -0.494 e. The van der Waals surface area contributed by atoms with Crippen LogP contribution in [0.4, 0.5) is 0 Å². The Bertz CT molecular complexity index is 916. The van der Waals surface area contributed by atoms with Crippen molar-refractivity contribution in [2.24, 2.45) is 0 Å². The van der Waals surface area contributed by atoms with Crippen molar-refractivity contribution in [1.82, 2.24) is 10.3 Å². The van der Waals surface area contributed by atoms with Crippen LogP contribution in [0.3, 0.4) is 0 Å². The molecule has 3 nitrogen and oxygen atoms in total. The fraction of sp³-hybridized carbons (Fsp3) is 0.417. The van der Waals surface area contributed by atoms with Gasteiger partial charge in [0, 0.05) is 29.6 Å². The number of fused-ring (bicyclic) bond motifs is 3. The Hall–Kier alpha value is -1.97. The Balaban J connectivity index is 0.00000225. The summed E-state index contributed by atoms with van der Waals surface area (Å²) in [4.78, 5) is 3.66. The lowest BCUT2D eigenvalue weighted by Gasteiger charge is -2.11. The van der Waals surface area contributed by atoms with Crippen molar-refractivity contribution in [3.8, 4) is 5.75 Å². The third kappa shape index (κ3) is 4.53. The molecule has 2 aromatic carbocycles. The summed E-state index contributed by atoms with van der Waals surface area (Å²) in [5, 5.41) is 4.96. The molecule has 28 heavy (non-hydrogen) atoms. The first-order valence-corrected chi connectivity index (χ1v) is 10.3. The lowest BCUT2D eigenvalue weighted by molar-refractivity contribution is 0.311. The molecule has 1 aliphatic heterocycles. The Labute approximate surface area is 174 Å². The van der Waals surface area contributed by atoms with Gasteiger partial charge < -0.3 is 15.0 Å². The quantitative estimate of drug-likeness (QED) is 0.544. The molecule has 0 radical (unpaired) electrons. The number of halogens is 1. The molecule has 0 aliphatic carbocycles. The highest BCUT2D eigenvalue weighted by atomic mass is 35.5. The molecule has 0 saturated heterocycles. The van der Waals surface area contributed by atoms with E-state index in [0.717, 1.165) is 51.1 Å². The average Bonchev–Trinajstić information content (AvgIpc) is 2.88. The van der Waals surface area contributed by atoms with Crippen LogP contribution < -0.4 is 10.1 Å². The summed E-state index contributed by atoms with van der Waals surface area (Å²) < 4.78 is 6.03. The van der Waals surface area contributed by atoms with Gasteiger partial charge in [-0.25, -0.2) is 0 Å². The third-order valence-electron chi connectivity index (χ3n) is 5.59. The van der Waals surface area contributed by atoms with E-state index in [1.807, 2.05) is 0 Å². The van der Waals surface area contributed by atoms with Gasteiger partial charge in [-0.2, -0.15) is 0 Å². The summed E-state index contributed by atoms with van der Waals surface area (Å²) in [6.07, 6.45) is 4.30. The molecule has 4 rings (SSSR count). The number of H-pyrrole nitrogens is 1. The van der Waals surface area contributed by atoms with Crippen LogP contribution in [0.5, 0.6) is 5.75 Å². The van der Waals surface area contributed by atoms with E-state index in [1.54, 1.807) is 0 Å². The van der Waals surface area contributed by atoms with Crippen molar-refractivity contribution in [2.45, 2.75) is 45.4 Å². The van der Waals surface area contributed by atoms with E-state index in [-0.39, 0.29) is 12.4 Å². The summed E-state index contributed by atoms with van der Waals surface area (Å²) in [5.74, 6) is 1.52. The standard InChI is InChI=1S/C24H30N2O.ClH/c1-17(2)19-7-3-9-20(16-19)27-15-5-8-18-6-4-10-23-24(18)21-11-13-25-14-12-22(21)26-23;/h3-4,6-7,9-10,16-17,25-26H,5,8,11-15H2,1-2H3;1H. The van der Waals surface area contributed by atoms with Crippen molar-refractivity contribution < 1.29 is 4.74 Å². The van der Waals surface area contributed by atoms with Gasteiger partial charge in [0.05, 0.1) is 6.61 Å². The van der Waals surface area contributed by atoms with Crippen LogP contribution >= 0.6 is 12.4 Å². The summed E-state index contributed by atoms with van der Waals surface area (Å²) in [5.41, 5.74) is 7.03. The molecule has 0 fully saturated rings. The molecule has 4 heteroatoms. The second-order valence-electron chi connectivity index (χ2n) is 7.85. The molecule has 150 valence electrons. The summed E-state index contributed by atoms with van der Waals surface area (Å²) in [6.45, 7) is 7.33. The molecular formula is C24H31ClN2O. The number of aromatic amines is 1. The number of ether oxygens (including phenoxy) is 1. The fourth-order valence-electron chi connectivity index (χ4n) is 4.12. The molecule has 2 N–H and O–H groups in total. The van der Waals surface area contributed by atoms with E-state index in [0.29, 0.717) is 5.92 Å². The van der Waals surface area contributed by atoms with E-state index in [2.05, 4.69) is 66.6 Å². The van der Waals surface area contributed by atoms with Crippen molar-refractivity contribution in [3.05, 3.63) is 64.8 Å². The van der Waals surface area contributed by atoms with E-state index < -0.39 is 0 Å². The van der Waals surface area contributed by atoms with Gasteiger partial charge in [-0.05, 0) is 66.6 Å². The van der Waals surface area contributed by atoms with Crippen LogP contribution in [0, 0.1) is 0 Å². The molecule has 0 atom stereocenters. The lowest BCUT2D eigenvalue weighted by Crippen LogP contribution is -2.16. The second kappa shape index (κ2) is 9.49. The molecule has 1 aromatic heterocycles. The zero-order valence-electron chi connectivity index (χ0n) is 16.9. The number of aromatic nitrogens is 1. The van der Waals surface area contributed by atoms with Gasteiger partial charge in [0.1, 0.15) is 5.75 Å². The molecule has 0 unspecified atom stereocenters. The van der Waals surface area contributed by atoms with Gasteiger partial charge in [0.15, 0.2) is 0 Å². The van der Waals surface area contributed by atoms with E-state index in [4.69, 9.17) is 4.74 Å².